The maximum absolute atomic E-state index is 12.1. The van der Waals surface area contributed by atoms with Gasteiger partial charge in [0, 0.05) is 19.5 Å². The van der Waals surface area contributed by atoms with Crippen LogP contribution in [0.15, 0.2) is 24.3 Å². The number of imide groups is 1. The van der Waals surface area contributed by atoms with Gasteiger partial charge in [-0.3, -0.25) is 19.8 Å². The SMILES string of the molecule is CN1C(=O)CCC(NC2CCc3ccccc32)C1=O. The second-order valence-electron chi connectivity index (χ2n) is 5.34. The predicted molar refractivity (Wildman–Crippen MR) is 71.4 cm³/mol. The number of benzene rings is 1. The van der Waals surface area contributed by atoms with Crippen molar-refractivity contribution in [3.63, 3.8) is 0 Å². The van der Waals surface area contributed by atoms with Crippen molar-refractivity contribution in [1.82, 2.24) is 10.2 Å². The number of hydrogen-bond acceptors (Lipinski definition) is 3. The molecule has 0 radical (unpaired) electrons. The first-order valence-corrected chi connectivity index (χ1v) is 6.81. The number of carbonyl (C=O) groups is 2. The highest BCUT2D eigenvalue weighted by atomic mass is 16.2. The first-order chi connectivity index (χ1) is 9.16. The number of rotatable bonds is 2. The van der Waals surface area contributed by atoms with Crippen LogP contribution in [0.25, 0.3) is 0 Å². The molecule has 1 aliphatic carbocycles. The summed E-state index contributed by atoms with van der Waals surface area (Å²) in [5.74, 6) is -0.171. The Bertz CT molecular complexity index is 527. The largest absolute Gasteiger partial charge is 0.299 e. The van der Waals surface area contributed by atoms with Crippen LogP contribution in [-0.2, 0) is 16.0 Å². The molecule has 0 bridgehead atoms. The number of carbonyl (C=O) groups excluding carboxylic acids is 2. The zero-order valence-electron chi connectivity index (χ0n) is 11.1. The zero-order chi connectivity index (χ0) is 13.4. The molecule has 1 N–H and O–H groups in total. The molecule has 19 heavy (non-hydrogen) atoms. The Balaban J connectivity index is 1.73. The Hall–Kier alpha value is -1.68. The predicted octanol–water partition coefficient (Wildman–Crippen LogP) is 1.41. The molecule has 1 aromatic carbocycles. The number of likely N-dealkylation sites (tertiary alicyclic amines) is 1. The molecule has 1 fully saturated rings. The fourth-order valence-electron chi connectivity index (χ4n) is 3.04. The van der Waals surface area contributed by atoms with Crippen LogP contribution in [0.3, 0.4) is 0 Å². The van der Waals surface area contributed by atoms with Crippen LogP contribution in [0.2, 0.25) is 0 Å². The number of hydrogen-bond donors (Lipinski definition) is 1. The maximum Gasteiger partial charge on any atom is 0.246 e. The fourth-order valence-corrected chi connectivity index (χ4v) is 3.04. The summed E-state index contributed by atoms with van der Waals surface area (Å²) in [7, 11) is 1.57. The molecular weight excluding hydrogens is 240 g/mol. The van der Waals surface area contributed by atoms with E-state index in [2.05, 4.69) is 23.5 Å². The number of nitrogens with one attached hydrogen (secondary N) is 1. The molecule has 100 valence electrons. The van der Waals surface area contributed by atoms with Gasteiger partial charge < -0.3 is 0 Å². The van der Waals surface area contributed by atoms with Crippen molar-refractivity contribution in [3.05, 3.63) is 35.4 Å². The Morgan fingerprint density at radius 3 is 2.68 bits per heavy atom. The first kappa shape index (κ1) is 12.4. The molecular formula is C15H18N2O2. The summed E-state index contributed by atoms with van der Waals surface area (Å²) in [4.78, 5) is 24.8. The van der Waals surface area contributed by atoms with Gasteiger partial charge >= 0.3 is 0 Å². The average Bonchev–Trinajstić information content (AvgIpc) is 2.83. The first-order valence-electron chi connectivity index (χ1n) is 6.81. The van der Waals surface area contributed by atoms with E-state index in [9.17, 15) is 9.59 Å². The van der Waals surface area contributed by atoms with E-state index >= 15 is 0 Å². The Kier molecular flexibility index (Phi) is 3.11. The number of fused-ring (bicyclic) bond motifs is 1. The van der Waals surface area contributed by atoms with Gasteiger partial charge in [-0.25, -0.2) is 0 Å². The number of aryl methyl sites for hydroxylation is 1. The summed E-state index contributed by atoms with van der Waals surface area (Å²) in [6.07, 6.45) is 3.15. The highest BCUT2D eigenvalue weighted by molar-refractivity contribution is 6.00. The molecule has 1 saturated heterocycles. The van der Waals surface area contributed by atoms with E-state index in [1.54, 1.807) is 7.05 Å². The minimum Gasteiger partial charge on any atom is -0.299 e. The summed E-state index contributed by atoms with van der Waals surface area (Å²) in [6.45, 7) is 0. The van der Waals surface area contributed by atoms with Gasteiger partial charge in [0.1, 0.15) is 0 Å². The van der Waals surface area contributed by atoms with Gasteiger partial charge in [0.2, 0.25) is 11.8 Å². The van der Waals surface area contributed by atoms with Crippen molar-refractivity contribution in [2.24, 2.45) is 0 Å². The second kappa shape index (κ2) is 4.78. The lowest BCUT2D eigenvalue weighted by molar-refractivity contribution is -0.148. The molecule has 3 rings (SSSR count). The third-order valence-electron chi connectivity index (χ3n) is 4.18. The van der Waals surface area contributed by atoms with Crippen LogP contribution in [0.1, 0.15) is 36.4 Å². The van der Waals surface area contributed by atoms with Crippen LogP contribution in [0.4, 0.5) is 0 Å². The molecule has 1 aromatic rings. The Morgan fingerprint density at radius 1 is 1.11 bits per heavy atom. The van der Waals surface area contributed by atoms with E-state index in [0.717, 1.165) is 12.8 Å². The van der Waals surface area contributed by atoms with Crippen LogP contribution in [0, 0.1) is 0 Å². The van der Waals surface area contributed by atoms with Gasteiger partial charge in [-0.05, 0) is 30.4 Å². The fraction of sp³-hybridized carbons (Fsp3) is 0.467. The van der Waals surface area contributed by atoms with E-state index < -0.39 is 0 Å². The lowest BCUT2D eigenvalue weighted by atomic mass is 10.0. The molecule has 0 saturated carbocycles. The van der Waals surface area contributed by atoms with Gasteiger partial charge in [-0.15, -0.1) is 0 Å². The lowest BCUT2D eigenvalue weighted by Crippen LogP contribution is -2.52. The summed E-state index contributed by atoms with van der Waals surface area (Å²) in [6, 6.07) is 8.39. The molecule has 0 aromatic heterocycles. The van der Waals surface area contributed by atoms with Gasteiger partial charge in [0.15, 0.2) is 0 Å². The maximum atomic E-state index is 12.1. The van der Waals surface area contributed by atoms with Crippen molar-refractivity contribution in [2.75, 3.05) is 7.05 Å². The second-order valence-corrected chi connectivity index (χ2v) is 5.34. The van der Waals surface area contributed by atoms with Crippen LogP contribution in [0.5, 0.6) is 0 Å². The van der Waals surface area contributed by atoms with Crippen LogP contribution < -0.4 is 5.32 Å². The van der Waals surface area contributed by atoms with Gasteiger partial charge in [0.25, 0.3) is 0 Å². The monoisotopic (exact) mass is 258 g/mol. The van der Waals surface area contributed by atoms with E-state index in [1.165, 1.54) is 16.0 Å². The molecule has 4 heteroatoms. The molecule has 4 nitrogen and oxygen atoms in total. The highest BCUT2D eigenvalue weighted by Gasteiger charge is 2.34. The summed E-state index contributed by atoms with van der Waals surface area (Å²) in [5, 5.41) is 3.43. The average molecular weight is 258 g/mol. The molecule has 2 aliphatic rings. The third-order valence-corrected chi connectivity index (χ3v) is 4.18. The molecule has 1 aliphatic heterocycles. The Morgan fingerprint density at radius 2 is 1.84 bits per heavy atom. The zero-order valence-corrected chi connectivity index (χ0v) is 11.1. The topological polar surface area (TPSA) is 49.4 Å². The summed E-state index contributed by atoms with van der Waals surface area (Å²) in [5.41, 5.74) is 2.67. The normalized spacial score (nSPS) is 26.7. The van der Waals surface area contributed by atoms with Gasteiger partial charge in [-0.2, -0.15) is 0 Å². The number of piperidine rings is 1. The van der Waals surface area contributed by atoms with Gasteiger partial charge in [0.05, 0.1) is 6.04 Å². The third kappa shape index (κ3) is 2.16. The van der Waals surface area contributed by atoms with Crippen molar-refractivity contribution in [1.29, 1.82) is 0 Å². The highest BCUT2D eigenvalue weighted by Crippen LogP contribution is 2.31. The van der Waals surface area contributed by atoms with E-state index in [-0.39, 0.29) is 23.9 Å². The smallest absolute Gasteiger partial charge is 0.246 e. The van der Waals surface area contributed by atoms with E-state index in [0.29, 0.717) is 12.8 Å². The summed E-state index contributed by atoms with van der Waals surface area (Å²) >= 11 is 0. The van der Waals surface area contributed by atoms with E-state index in [4.69, 9.17) is 0 Å². The van der Waals surface area contributed by atoms with Gasteiger partial charge in [-0.1, -0.05) is 24.3 Å². The number of amides is 2. The van der Waals surface area contributed by atoms with Crippen molar-refractivity contribution in [2.45, 2.75) is 37.8 Å². The standard InChI is InChI=1S/C15H18N2O2/c1-17-14(18)9-8-13(15(17)19)16-12-7-6-10-4-2-3-5-11(10)12/h2-5,12-13,16H,6-9H2,1H3. The van der Waals surface area contributed by atoms with E-state index in [1.807, 2.05) is 6.07 Å². The van der Waals surface area contributed by atoms with Crippen molar-refractivity contribution < 1.29 is 9.59 Å². The molecule has 2 unspecified atom stereocenters. The van der Waals surface area contributed by atoms with Crippen LogP contribution >= 0.6 is 0 Å². The molecule has 2 amide bonds. The summed E-state index contributed by atoms with van der Waals surface area (Å²) < 4.78 is 0. The Labute approximate surface area is 112 Å². The minimum absolute atomic E-state index is 0.0742. The molecule has 0 spiro atoms. The van der Waals surface area contributed by atoms with Crippen LogP contribution in [-0.4, -0.2) is 29.8 Å². The molecule has 1 heterocycles. The van der Waals surface area contributed by atoms with Crippen molar-refractivity contribution >= 4 is 11.8 Å². The minimum atomic E-state index is -0.223. The molecule has 2 atom stereocenters. The van der Waals surface area contributed by atoms with Crippen molar-refractivity contribution in [3.8, 4) is 0 Å². The quantitative estimate of drug-likeness (QED) is 0.816. The number of likely N-dealkylation sites (N-methyl/N-ethyl adjacent to an activating group) is 1. The lowest BCUT2D eigenvalue weighted by Gasteiger charge is -2.30. The number of nitrogens with zero attached hydrogens (tertiary/aromatic N) is 1.